The van der Waals surface area contributed by atoms with Gasteiger partial charge in [0.15, 0.2) is 0 Å². The number of benzene rings is 1. The van der Waals surface area contributed by atoms with Gasteiger partial charge in [-0.25, -0.2) is 0 Å². The minimum absolute atomic E-state index is 0.0950. The molecular formula is C12H18BrN3O. The van der Waals surface area contributed by atoms with Crippen LogP contribution in [0.2, 0.25) is 0 Å². The zero-order valence-electron chi connectivity index (χ0n) is 10.4. The zero-order valence-corrected chi connectivity index (χ0v) is 12.0. The van der Waals surface area contributed by atoms with Crippen LogP contribution in [0.15, 0.2) is 22.7 Å². The predicted molar refractivity (Wildman–Crippen MR) is 73.6 cm³/mol. The van der Waals surface area contributed by atoms with Crippen molar-refractivity contribution >= 4 is 27.5 Å². The maximum atomic E-state index is 11.5. The van der Waals surface area contributed by atoms with E-state index in [-0.39, 0.29) is 5.91 Å². The third kappa shape index (κ3) is 4.36. The number of carbonyl (C=O) groups excluding carboxylic acids is 1. The molecule has 0 atom stereocenters. The molecule has 0 aromatic heterocycles. The number of nitrogen functional groups attached to an aromatic ring is 1. The first-order valence-electron chi connectivity index (χ1n) is 5.32. The van der Waals surface area contributed by atoms with Crippen molar-refractivity contribution in [2.75, 3.05) is 33.4 Å². The smallest absolute Gasteiger partial charge is 0.236 e. The zero-order chi connectivity index (χ0) is 13.0. The molecule has 0 radical (unpaired) electrons. The number of anilines is 1. The van der Waals surface area contributed by atoms with E-state index in [1.54, 1.807) is 19.0 Å². The molecule has 17 heavy (non-hydrogen) atoms. The summed E-state index contributed by atoms with van der Waals surface area (Å²) in [6.07, 6.45) is 0. The minimum atomic E-state index is 0.0950. The summed E-state index contributed by atoms with van der Waals surface area (Å²) in [5, 5.41) is 0. The Morgan fingerprint density at radius 1 is 1.35 bits per heavy atom. The van der Waals surface area contributed by atoms with Gasteiger partial charge in [-0.3, -0.25) is 9.69 Å². The van der Waals surface area contributed by atoms with E-state index in [1.165, 1.54) is 0 Å². The van der Waals surface area contributed by atoms with Crippen LogP contribution in [0.4, 0.5) is 5.69 Å². The Labute approximate surface area is 111 Å². The molecule has 0 spiro atoms. The van der Waals surface area contributed by atoms with Crippen LogP contribution < -0.4 is 5.73 Å². The quantitative estimate of drug-likeness (QED) is 0.858. The van der Waals surface area contributed by atoms with Crippen LogP contribution in [0.1, 0.15) is 5.56 Å². The van der Waals surface area contributed by atoms with E-state index in [0.29, 0.717) is 13.1 Å². The number of nitrogens with two attached hydrogens (primary N) is 1. The van der Waals surface area contributed by atoms with Crippen LogP contribution in [0.5, 0.6) is 0 Å². The standard InChI is InChI=1S/C12H18BrN3O/c1-15(2)12(17)8-16(3)7-9-4-5-10(13)11(14)6-9/h4-6H,7-8,14H2,1-3H3. The molecule has 94 valence electrons. The Balaban J connectivity index is 2.59. The first-order chi connectivity index (χ1) is 7.90. The Morgan fingerprint density at radius 2 is 2.00 bits per heavy atom. The van der Waals surface area contributed by atoms with Gasteiger partial charge in [-0.15, -0.1) is 0 Å². The van der Waals surface area contributed by atoms with Crippen LogP contribution in [-0.2, 0) is 11.3 Å². The van der Waals surface area contributed by atoms with E-state index in [1.807, 2.05) is 30.1 Å². The van der Waals surface area contributed by atoms with E-state index in [4.69, 9.17) is 5.73 Å². The first kappa shape index (κ1) is 14.0. The van der Waals surface area contributed by atoms with Crippen molar-refractivity contribution in [1.29, 1.82) is 0 Å². The van der Waals surface area contributed by atoms with Gasteiger partial charge in [0.1, 0.15) is 0 Å². The summed E-state index contributed by atoms with van der Waals surface area (Å²) in [5.74, 6) is 0.0950. The highest BCUT2D eigenvalue weighted by Crippen LogP contribution is 2.20. The lowest BCUT2D eigenvalue weighted by Crippen LogP contribution is -2.34. The molecule has 5 heteroatoms. The lowest BCUT2D eigenvalue weighted by Gasteiger charge is -2.19. The van der Waals surface area contributed by atoms with Crippen LogP contribution in [0, 0.1) is 0 Å². The van der Waals surface area contributed by atoms with Gasteiger partial charge in [-0.2, -0.15) is 0 Å². The fourth-order valence-electron chi connectivity index (χ4n) is 1.43. The molecule has 0 bridgehead atoms. The molecule has 1 aromatic carbocycles. The number of halogens is 1. The van der Waals surface area contributed by atoms with Gasteiger partial charge < -0.3 is 10.6 Å². The molecule has 2 N–H and O–H groups in total. The minimum Gasteiger partial charge on any atom is -0.398 e. The molecule has 1 rings (SSSR count). The molecule has 0 aliphatic heterocycles. The average Bonchev–Trinajstić information content (AvgIpc) is 2.23. The SMILES string of the molecule is CN(CC(=O)N(C)C)Cc1ccc(Br)c(N)c1. The number of carbonyl (C=O) groups is 1. The molecule has 0 saturated carbocycles. The van der Waals surface area contributed by atoms with Gasteiger partial charge in [0, 0.05) is 30.8 Å². The normalized spacial score (nSPS) is 10.6. The highest BCUT2D eigenvalue weighted by molar-refractivity contribution is 9.10. The molecule has 1 amide bonds. The Bertz CT molecular complexity index is 407. The lowest BCUT2D eigenvalue weighted by molar-refractivity contribution is -0.129. The summed E-state index contributed by atoms with van der Waals surface area (Å²) in [6, 6.07) is 5.84. The molecule has 0 aliphatic carbocycles. The Kier molecular flexibility index (Phi) is 4.96. The number of rotatable bonds is 4. The van der Waals surface area contributed by atoms with E-state index < -0.39 is 0 Å². The molecule has 1 aromatic rings. The third-order valence-corrected chi connectivity index (χ3v) is 3.14. The van der Waals surface area contributed by atoms with Gasteiger partial charge in [0.05, 0.1) is 6.54 Å². The monoisotopic (exact) mass is 299 g/mol. The fourth-order valence-corrected chi connectivity index (χ4v) is 1.68. The molecule has 0 heterocycles. The largest absolute Gasteiger partial charge is 0.398 e. The van der Waals surface area contributed by atoms with Crippen LogP contribution in [-0.4, -0.2) is 43.4 Å². The summed E-state index contributed by atoms with van der Waals surface area (Å²) in [6.45, 7) is 1.11. The highest BCUT2D eigenvalue weighted by Gasteiger charge is 2.09. The second kappa shape index (κ2) is 6.02. The van der Waals surface area contributed by atoms with Crippen molar-refractivity contribution in [1.82, 2.24) is 9.80 Å². The number of likely N-dealkylation sites (N-methyl/N-ethyl adjacent to an activating group) is 2. The van der Waals surface area contributed by atoms with Crippen molar-refractivity contribution in [2.24, 2.45) is 0 Å². The lowest BCUT2D eigenvalue weighted by atomic mass is 10.2. The van der Waals surface area contributed by atoms with Crippen LogP contribution in [0.25, 0.3) is 0 Å². The summed E-state index contributed by atoms with van der Waals surface area (Å²) in [7, 11) is 5.43. The maximum Gasteiger partial charge on any atom is 0.236 e. The van der Waals surface area contributed by atoms with Crippen LogP contribution >= 0.6 is 15.9 Å². The van der Waals surface area contributed by atoms with Crippen molar-refractivity contribution in [3.8, 4) is 0 Å². The van der Waals surface area contributed by atoms with E-state index in [0.717, 1.165) is 15.7 Å². The summed E-state index contributed by atoms with van der Waals surface area (Å²) in [4.78, 5) is 15.1. The van der Waals surface area contributed by atoms with Gasteiger partial charge in [0.2, 0.25) is 5.91 Å². The second-order valence-electron chi connectivity index (χ2n) is 4.32. The Hall–Kier alpha value is -1.07. The van der Waals surface area contributed by atoms with E-state index >= 15 is 0 Å². The topological polar surface area (TPSA) is 49.6 Å². The molecule has 0 unspecified atom stereocenters. The van der Waals surface area contributed by atoms with Gasteiger partial charge >= 0.3 is 0 Å². The summed E-state index contributed by atoms with van der Waals surface area (Å²) < 4.78 is 0.897. The maximum absolute atomic E-state index is 11.5. The van der Waals surface area contributed by atoms with Gasteiger partial charge in [-0.05, 0) is 40.7 Å². The highest BCUT2D eigenvalue weighted by atomic mass is 79.9. The average molecular weight is 300 g/mol. The fraction of sp³-hybridized carbons (Fsp3) is 0.417. The summed E-state index contributed by atoms with van der Waals surface area (Å²) in [5.41, 5.74) is 7.62. The molecule has 0 fully saturated rings. The number of nitrogens with zero attached hydrogens (tertiary/aromatic N) is 2. The van der Waals surface area contributed by atoms with Crippen molar-refractivity contribution < 1.29 is 4.79 Å². The second-order valence-corrected chi connectivity index (χ2v) is 5.17. The Morgan fingerprint density at radius 3 is 2.53 bits per heavy atom. The van der Waals surface area contributed by atoms with E-state index in [2.05, 4.69) is 15.9 Å². The number of amides is 1. The third-order valence-electron chi connectivity index (χ3n) is 2.42. The van der Waals surface area contributed by atoms with Crippen molar-refractivity contribution in [2.45, 2.75) is 6.54 Å². The molecule has 0 aliphatic rings. The van der Waals surface area contributed by atoms with Crippen LogP contribution in [0.3, 0.4) is 0 Å². The van der Waals surface area contributed by atoms with Gasteiger partial charge in [-0.1, -0.05) is 6.07 Å². The van der Waals surface area contributed by atoms with Crippen molar-refractivity contribution in [3.63, 3.8) is 0 Å². The first-order valence-corrected chi connectivity index (χ1v) is 6.12. The van der Waals surface area contributed by atoms with E-state index in [9.17, 15) is 4.79 Å². The van der Waals surface area contributed by atoms with Crippen molar-refractivity contribution in [3.05, 3.63) is 28.2 Å². The number of hydrogen-bond acceptors (Lipinski definition) is 3. The van der Waals surface area contributed by atoms with Gasteiger partial charge in [0.25, 0.3) is 0 Å². The molecule has 0 saturated heterocycles. The molecule has 4 nitrogen and oxygen atoms in total. The molecular weight excluding hydrogens is 282 g/mol. The predicted octanol–water partition coefficient (Wildman–Crippen LogP) is 1.55. The summed E-state index contributed by atoms with van der Waals surface area (Å²) >= 11 is 3.36. The number of hydrogen-bond donors (Lipinski definition) is 1.